The van der Waals surface area contributed by atoms with E-state index in [0.29, 0.717) is 6.10 Å². The smallest absolute Gasteiger partial charge is 0.0702 e. The van der Waals surface area contributed by atoms with Crippen molar-refractivity contribution in [3.8, 4) is 0 Å². The average Bonchev–Trinajstić information content (AvgIpc) is 2.84. The molecule has 106 valence electrons. The van der Waals surface area contributed by atoms with Gasteiger partial charge in [-0.3, -0.25) is 0 Å². The molecule has 0 amide bonds. The Morgan fingerprint density at radius 3 is 2.61 bits per heavy atom. The molecular weight excluding hydrogens is 224 g/mol. The summed E-state index contributed by atoms with van der Waals surface area (Å²) in [5, 5.41) is 3.72. The van der Waals surface area contributed by atoms with Gasteiger partial charge in [-0.25, -0.2) is 0 Å². The Hall–Kier alpha value is -0.120. The lowest BCUT2D eigenvalue weighted by atomic mass is 9.87. The van der Waals surface area contributed by atoms with Crippen molar-refractivity contribution in [3.05, 3.63) is 0 Å². The third-order valence-electron chi connectivity index (χ3n) is 4.48. The molecule has 1 saturated carbocycles. The van der Waals surface area contributed by atoms with E-state index in [1.165, 1.54) is 38.5 Å². The Balaban J connectivity index is 1.51. The molecule has 0 aromatic rings. The lowest BCUT2D eigenvalue weighted by Gasteiger charge is -2.28. The summed E-state index contributed by atoms with van der Waals surface area (Å²) in [6, 6.07) is 0.775. The van der Waals surface area contributed by atoms with Crippen LogP contribution in [0.1, 0.15) is 45.4 Å². The normalized spacial score (nSPS) is 33.2. The van der Waals surface area contributed by atoms with Crippen LogP contribution in [0.4, 0.5) is 0 Å². The van der Waals surface area contributed by atoms with Gasteiger partial charge in [-0.05, 0) is 51.5 Å². The number of nitrogens with zero attached hydrogens (tertiary/aromatic N) is 1. The van der Waals surface area contributed by atoms with Crippen molar-refractivity contribution in [2.75, 3.05) is 33.3 Å². The van der Waals surface area contributed by atoms with Crippen LogP contribution in [0, 0.1) is 5.92 Å². The highest BCUT2D eigenvalue weighted by molar-refractivity contribution is 4.76. The van der Waals surface area contributed by atoms with Crippen LogP contribution in [-0.4, -0.2) is 50.3 Å². The molecule has 1 N–H and O–H groups in total. The fourth-order valence-electron chi connectivity index (χ4n) is 3.15. The third kappa shape index (κ3) is 4.87. The number of hydrogen-bond donors (Lipinski definition) is 1. The number of hydrogen-bond acceptors (Lipinski definition) is 3. The number of likely N-dealkylation sites (N-methyl/N-ethyl adjacent to an activating group) is 1. The fourth-order valence-corrected chi connectivity index (χ4v) is 3.15. The molecule has 2 fully saturated rings. The Bertz CT molecular complexity index is 221. The molecule has 1 aliphatic heterocycles. The summed E-state index contributed by atoms with van der Waals surface area (Å²) < 4.78 is 5.67. The molecule has 0 aromatic carbocycles. The van der Waals surface area contributed by atoms with E-state index in [4.69, 9.17) is 4.74 Å². The molecule has 1 saturated heterocycles. The quantitative estimate of drug-likeness (QED) is 0.787. The molecule has 0 aromatic heterocycles. The minimum Gasteiger partial charge on any atom is -0.377 e. The van der Waals surface area contributed by atoms with Crippen molar-refractivity contribution >= 4 is 0 Å². The topological polar surface area (TPSA) is 24.5 Å². The summed E-state index contributed by atoms with van der Waals surface area (Å²) in [7, 11) is 2.21. The number of ether oxygens (including phenoxy) is 1. The standard InChI is InChI=1S/C15H30N2O/c1-13-5-7-14(8-6-13)16-9-10-17(2)12-15-4-3-11-18-15/h13-16H,3-12H2,1-2H3. The van der Waals surface area contributed by atoms with Gasteiger partial charge in [0.25, 0.3) is 0 Å². The summed E-state index contributed by atoms with van der Waals surface area (Å²) in [5.74, 6) is 0.949. The van der Waals surface area contributed by atoms with Crippen LogP contribution in [0.2, 0.25) is 0 Å². The van der Waals surface area contributed by atoms with Crippen LogP contribution in [0.5, 0.6) is 0 Å². The van der Waals surface area contributed by atoms with E-state index in [-0.39, 0.29) is 0 Å². The van der Waals surface area contributed by atoms with E-state index in [1.54, 1.807) is 0 Å². The van der Waals surface area contributed by atoms with Crippen molar-refractivity contribution in [2.24, 2.45) is 5.92 Å². The number of rotatable bonds is 6. The van der Waals surface area contributed by atoms with E-state index in [1.807, 2.05) is 0 Å². The van der Waals surface area contributed by atoms with Crippen molar-refractivity contribution < 1.29 is 4.74 Å². The highest BCUT2D eigenvalue weighted by Gasteiger charge is 2.19. The van der Waals surface area contributed by atoms with Gasteiger partial charge < -0.3 is 15.0 Å². The van der Waals surface area contributed by atoms with E-state index < -0.39 is 0 Å². The molecule has 0 radical (unpaired) electrons. The zero-order valence-corrected chi connectivity index (χ0v) is 12.2. The third-order valence-corrected chi connectivity index (χ3v) is 4.48. The van der Waals surface area contributed by atoms with Crippen molar-refractivity contribution in [1.82, 2.24) is 10.2 Å². The van der Waals surface area contributed by atoms with E-state index in [2.05, 4.69) is 24.2 Å². The summed E-state index contributed by atoms with van der Waals surface area (Å²) in [6.45, 7) is 6.72. The van der Waals surface area contributed by atoms with E-state index in [9.17, 15) is 0 Å². The zero-order chi connectivity index (χ0) is 12.8. The molecule has 0 bridgehead atoms. The maximum atomic E-state index is 5.67. The molecule has 3 heteroatoms. The highest BCUT2D eigenvalue weighted by atomic mass is 16.5. The second kappa shape index (κ2) is 7.46. The van der Waals surface area contributed by atoms with Crippen molar-refractivity contribution in [1.29, 1.82) is 0 Å². The van der Waals surface area contributed by atoms with Gasteiger partial charge in [0.05, 0.1) is 6.10 Å². The maximum absolute atomic E-state index is 5.67. The minimum absolute atomic E-state index is 0.491. The van der Waals surface area contributed by atoms with E-state index >= 15 is 0 Å². The average molecular weight is 254 g/mol. The van der Waals surface area contributed by atoms with E-state index in [0.717, 1.165) is 38.2 Å². The maximum Gasteiger partial charge on any atom is 0.0702 e. The number of nitrogens with one attached hydrogen (secondary N) is 1. The van der Waals surface area contributed by atoms with Crippen LogP contribution in [0.3, 0.4) is 0 Å². The van der Waals surface area contributed by atoms with Gasteiger partial charge >= 0.3 is 0 Å². The Kier molecular flexibility index (Phi) is 5.93. The first-order chi connectivity index (χ1) is 8.74. The van der Waals surface area contributed by atoms with Crippen LogP contribution >= 0.6 is 0 Å². The van der Waals surface area contributed by atoms with Gasteiger partial charge in [-0.15, -0.1) is 0 Å². The second-order valence-electron chi connectivity index (χ2n) is 6.31. The Morgan fingerprint density at radius 2 is 1.94 bits per heavy atom. The molecule has 1 atom stereocenters. The lowest BCUT2D eigenvalue weighted by Crippen LogP contribution is -2.39. The first kappa shape index (κ1) is 14.3. The minimum atomic E-state index is 0.491. The lowest BCUT2D eigenvalue weighted by molar-refractivity contribution is 0.0811. The monoisotopic (exact) mass is 254 g/mol. The van der Waals surface area contributed by atoms with Gasteiger partial charge in [-0.1, -0.05) is 6.92 Å². The van der Waals surface area contributed by atoms with Crippen molar-refractivity contribution in [3.63, 3.8) is 0 Å². The molecule has 2 aliphatic rings. The van der Waals surface area contributed by atoms with Gasteiger partial charge in [0.2, 0.25) is 0 Å². The Morgan fingerprint density at radius 1 is 1.17 bits per heavy atom. The Labute approximate surface area is 112 Å². The molecular formula is C15H30N2O. The molecule has 1 heterocycles. The summed E-state index contributed by atoms with van der Waals surface area (Å²) in [6.07, 6.45) is 8.54. The van der Waals surface area contributed by atoms with Crippen LogP contribution < -0.4 is 5.32 Å². The summed E-state index contributed by atoms with van der Waals surface area (Å²) in [5.41, 5.74) is 0. The first-order valence-corrected chi connectivity index (χ1v) is 7.77. The van der Waals surface area contributed by atoms with Gasteiger partial charge in [0.1, 0.15) is 0 Å². The molecule has 18 heavy (non-hydrogen) atoms. The van der Waals surface area contributed by atoms with Gasteiger partial charge in [-0.2, -0.15) is 0 Å². The van der Waals surface area contributed by atoms with Crippen molar-refractivity contribution in [2.45, 2.75) is 57.6 Å². The van der Waals surface area contributed by atoms with Crippen LogP contribution in [0.25, 0.3) is 0 Å². The predicted octanol–water partition coefficient (Wildman–Crippen LogP) is 2.27. The second-order valence-corrected chi connectivity index (χ2v) is 6.31. The molecule has 2 rings (SSSR count). The zero-order valence-electron chi connectivity index (χ0n) is 12.2. The summed E-state index contributed by atoms with van der Waals surface area (Å²) >= 11 is 0. The first-order valence-electron chi connectivity index (χ1n) is 7.77. The van der Waals surface area contributed by atoms with Crippen LogP contribution in [0.15, 0.2) is 0 Å². The molecule has 1 unspecified atom stereocenters. The predicted molar refractivity (Wildman–Crippen MR) is 75.9 cm³/mol. The largest absolute Gasteiger partial charge is 0.377 e. The van der Waals surface area contributed by atoms with Gasteiger partial charge in [0, 0.05) is 32.3 Å². The molecule has 3 nitrogen and oxygen atoms in total. The SMILES string of the molecule is CC1CCC(NCCN(C)CC2CCCO2)CC1. The highest BCUT2D eigenvalue weighted by Crippen LogP contribution is 2.23. The summed E-state index contributed by atoms with van der Waals surface area (Å²) in [4.78, 5) is 2.41. The van der Waals surface area contributed by atoms with Crippen LogP contribution in [-0.2, 0) is 4.74 Å². The van der Waals surface area contributed by atoms with Gasteiger partial charge in [0.15, 0.2) is 0 Å². The fraction of sp³-hybridized carbons (Fsp3) is 1.00. The molecule has 0 spiro atoms. The molecule has 1 aliphatic carbocycles.